The highest BCUT2D eigenvalue weighted by Gasteiger charge is 2.16. The Balaban J connectivity index is 1.95. The van der Waals surface area contributed by atoms with Crippen LogP contribution in [0.15, 0.2) is 18.2 Å². The van der Waals surface area contributed by atoms with E-state index in [9.17, 15) is 4.79 Å². The molecule has 5 heteroatoms. The van der Waals surface area contributed by atoms with Crippen molar-refractivity contribution in [1.29, 1.82) is 0 Å². The van der Waals surface area contributed by atoms with Gasteiger partial charge in [0.1, 0.15) is 11.9 Å². The number of nitrogens with one attached hydrogen (secondary N) is 1. The molecule has 22 heavy (non-hydrogen) atoms. The van der Waals surface area contributed by atoms with Gasteiger partial charge in [0.15, 0.2) is 0 Å². The minimum atomic E-state index is -0.0839. The number of carbonyl (C=O) groups is 1. The Labute approximate surface area is 132 Å². The van der Waals surface area contributed by atoms with E-state index in [1.807, 2.05) is 25.1 Å². The number of hydrogen-bond donors (Lipinski definition) is 1. The molecule has 0 spiro atoms. The smallest absolute Gasteiger partial charge is 0.321 e. The van der Waals surface area contributed by atoms with E-state index >= 15 is 0 Å². The Morgan fingerprint density at radius 1 is 1.41 bits per heavy atom. The number of hydrogen-bond acceptors (Lipinski definition) is 3. The van der Waals surface area contributed by atoms with Gasteiger partial charge in [-0.2, -0.15) is 0 Å². The van der Waals surface area contributed by atoms with Crippen molar-refractivity contribution in [2.45, 2.75) is 39.2 Å². The van der Waals surface area contributed by atoms with Gasteiger partial charge in [-0.05, 0) is 37.1 Å². The molecule has 0 bridgehead atoms. The SMILES string of the molecule is CCCN(C)C(=O)Nc1ccc(OC2CCOCC2)c(C)c1. The molecule has 5 nitrogen and oxygen atoms in total. The van der Waals surface area contributed by atoms with Gasteiger partial charge in [-0.15, -0.1) is 0 Å². The molecular formula is C17H26N2O3. The summed E-state index contributed by atoms with van der Waals surface area (Å²) >= 11 is 0. The predicted molar refractivity (Wildman–Crippen MR) is 87.6 cm³/mol. The van der Waals surface area contributed by atoms with E-state index in [1.54, 1.807) is 11.9 Å². The first kappa shape index (κ1) is 16.6. The molecule has 0 saturated carbocycles. The van der Waals surface area contributed by atoms with Crippen LogP contribution in [0.2, 0.25) is 0 Å². The Bertz CT molecular complexity index is 499. The molecule has 1 heterocycles. The Morgan fingerprint density at radius 3 is 2.77 bits per heavy atom. The molecular weight excluding hydrogens is 280 g/mol. The molecule has 0 unspecified atom stereocenters. The third-order valence-electron chi connectivity index (χ3n) is 3.79. The van der Waals surface area contributed by atoms with E-state index in [1.165, 1.54) is 0 Å². The van der Waals surface area contributed by atoms with Crippen LogP contribution >= 0.6 is 0 Å². The summed E-state index contributed by atoms with van der Waals surface area (Å²) in [5, 5.41) is 2.91. The topological polar surface area (TPSA) is 50.8 Å². The van der Waals surface area contributed by atoms with Gasteiger partial charge in [0.2, 0.25) is 0 Å². The summed E-state index contributed by atoms with van der Waals surface area (Å²) in [4.78, 5) is 13.7. The maximum absolute atomic E-state index is 12.0. The summed E-state index contributed by atoms with van der Waals surface area (Å²) in [6.07, 6.45) is 3.03. The summed E-state index contributed by atoms with van der Waals surface area (Å²) in [7, 11) is 1.80. The second kappa shape index (κ2) is 8.03. The van der Waals surface area contributed by atoms with E-state index in [2.05, 4.69) is 12.2 Å². The highest BCUT2D eigenvalue weighted by molar-refractivity contribution is 5.89. The third kappa shape index (κ3) is 4.63. The van der Waals surface area contributed by atoms with Gasteiger partial charge in [-0.3, -0.25) is 0 Å². The second-order valence-electron chi connectivity index (χ2n) is 5.76. The van der Waals surface area contributed by atoms with Crippen molar-refractivity contribution in [3.8, 4) is 5.75 Å². The number of benzene rings is 1. The molecule has 0 aliphatic carbocycles. The zero-order valence-electron chi connectivity index (χ0n) is 13.7. The van der Waals surface area contributed by atoms with Crippen molar-refractivity contribution in [3.05, 3.63) is 23.8 Å². The van der Waals surface area contributed by atoms with Gasteiger partial charge in [-0.25, -0.2) is 4.79 Å². The van der Waals surface area contributed by atoms with Crippen molar-refractivity contribution in [1.82, 2.24) is 4.90 Å². The highest BCUT2D eigenvalue weighted by Crippen LogP contribution is 2.25. The van der Waals surface area contributed by atoms with E-state index in [-0.39, 0.29) is 12.1 Å². The van der Waals surface area contributed by atoms with Crippen LogP contribution in [0, 0.1) is 6.92 Å². The first-order valence-electron chi connectivity index (χ1n) is 7.97. The summed E-state index contributed by atoms with van der Waals surface area (Å²) in [5.74, 6) is 0.881. The predicted octanol–water partition coefficient (Wildman–Crippen LogP) is 3.43. The monoisotopic (exact) mass is 306 g/mol. The summed E-state index contributed by atoms with van der Waals surface area (Å²) < 4.78 is 11.4. The molecule has 1 aliphatic heterocycles. The van der Waals surface area contributed by atoms with E-state index < -0.39 is 0 Å². The fraction of sp³-hybridized carbons (Fsp3) is 0.588. The van der Waals surface area contributed by atoms with Gasteiger partial charge < -0.3 is 19.7 Å². The van der Waals surface area contributed by atoms with Crippen molar-refractivity contribution >= 4 is 11.7 Å². The van der Waals surface area contributed by atoms with Crippen LogP contribution in [0.25, 0.3) is 0 Å². The normalized spacial score (nSPS) is 15.4. The lowest BCUT2D eigenvalue weighted by Gasteiger charge is -2.24. The average molecular weight is 306 g/mol. The van der Waals surface area contributed by atoms with Gasteiger partial charge >= 0.3 is 6.03 Å². The number of nitrogens with zero attached hydrogens (tertiary/aromatic N) is 1. The number of anilines is 1. The quantitative estimate of drug-likeness (QED) is 0.906. The maximum atomic E-state index is 12.0. The second-order valence-corrected chi connectivity index (χ2v) is 5.76. The van der Waals surface area contributed by atoms with Crippen molar-refractivity contribution in [2.75, 3.05) is 32.1 Å². The van der Waals surface area contributed by atoms with Gasteiger partial charge in [0, 0.05) is 32.1 Å². The first-order valence-corrected chi connectivity index (χ1v) is 7.97. The fourth-order valence-corrected chi connectivity index (χ4v) is 2.49. The van der Waals surface area contributed by atoms with Gasteiger partial charge in [0.25, 0.3) is 0 Å². The number of amides is 2. The maximum Gasteiger partial charge on any atom is 0.321 e. The number of rotatable bonds is 5. The minimum Gasteiger partial charge on any atom is -0.490 e. The Morgan fingerprint density at radius 2 is 2.14 bits per heavy atom. The third-order valence-corrected chi connectivity index (χ3v) is 3.79. The number of urea groups is 1. The number of carbonyl (C=O) groups excluding carboxylic acids is 1. The van der Waals surface area contributed by atoms with Crippen LogP contribution in [-0.4, -0.2) is 43.8 Å². The summed E-state index contributed by atoms with van der Waals surface area (Å²) in [6, 6.07) is 5.69. The molecule has 2 rings (SSSR count). The number of ether oxygens (including phenoxy) is 2. The lowest BCUT2D eigenvalue weighted by atomic mass is 10.1. The minimum absolute atomic E-state index is 0.0839. The standard InChI is InChI=1S/C17H26N2O3/c1-4-9-19(3)17(20)18-14-5-6-16(13(2)12-14)22-15-7-10-21-11-8-15/h5-6,12,15H,4,7-11H2,1-3H3,(H,18,20). The molecule has 1 saturated heterocycles. The summed E-state index contributed by atoms with van der Waals surface area (Å²) in [6.45, 7) is 6.33. The van der Waals surface area contributed by atoms with Crippen LogP contribution in [0.5, 0.6) is 5.75 Å². The zero-order valence-corrected chi connectivity index (χ0v) is 13.7. The Hall–Kier alpha value is -1.75. The number of aryl methyl sites for hydroxylation is 1. The van der Waals surface area contributed by atoms with Crippen molar-refractivity contribution in [2.24, 2.45) is 0 Å². The van der Waals surface area contributed by atoms with E-state index in [0.29, 0.717) is 0 Å². The van der Waals surface area contributed by atoms with Crippen LogP contribution in [0.4, 0.5) is 10.5 Å². The Kier molecular flexibility index (Phi) is 6.07. The van der Waals surface area contributed by atoms with Crippen LogP contribution in [0.1, 0.15) is 31.7 Å². The van der Waals surface area contributed by atoms with Crippen molar-refractivity contribution < 1.29 is 14.3 Å². The van der Waals surface area contributed by atoms with Gasteiger partial charge in [-0.1, -0.05) is 6.92 Å². The van der Waals surface area contributed by atoms with Crippen molar-refractivity contribution in [3.63, 3.8) is 0 Å². The highest BCUT2D eigenvalue weighted by atomic mass is 16.5. The molecule has 0 atom stereocenters. The molecule has 122 valence electrons. The van der Waals surface area contributed by atoms with Crippen LogP contribution < -0.4 is 10.1 Å². The lowest BCUT2D eigenvalue weighted by Crippen LogP contribution is -2.31. The van der Waals surface area contributed by atoms with E-state index in [4.69, 9.17) is 9.47 Å². The molecule has 1 aromatic carbocycles. The zero-order chi connectivity index (χ0) is 15.9. The fourth-order valence-electron chi connectivity index (χ4n) is 2.49. The first-order chi connectivity index (χ1) is 10.6. The lowest BCUT2D eigenvalue weighted by molar-refractivity contribution is 0.0253. The summed E-state index contributed by atoms with van der Waals surface area (Å²) in [5.41, 5.74) is 1.83. The molecule has 1 aliphatic rings. The molecule has 0 aromatic heterocycles. The van der Waals surface area contributed by atoms with E-state index in [0.717, 1.165) is 56.0 Å². The molecule has 1 fully saturated rings. The molecule has 0 radical (unpaired) electrons. The van der Waals surface area contributed by atoms with Crippen LogP contribution in [0.3, 0.4) is 0 Å². The molecule has 1 aromatic rings. The van der Waals surface area contributed by atoms with Crippen LogP contribution in [-0.2, 0) is 4.74 Å². The molecule has 2 amide bonds. The average Bonchev–Trinajstić information content (AvgIpc) is 2.51. The van der Waals surface area contributed by atoms with Gasteiger partial charge in [0.05, 0.1) is 13.2 Å². The molecule has 1 N–H and O–H groups in total. The largest absolute Gasteiger partial charge is 0.490 e.